The van der Waals surface area contributed by atoms with Gasteiger partial charge < -0.3 is 5.73 Å². The van der Waals surface area contributed by atoms with Crippen molar-refractivity contribution in [3.05, 3.63) is 17.0 Å². The van der Waals surface area contributed by atoms with Gasteiger partial charge in [-0.15, -0.1) is 0 Å². The fraction of sp³-hybridized carbons (Fsp3) is 0.667. The maximum atomic E-state index is 5.96. The molecule has 3 N–H and O–H groups in total. The zero-order chi connectivity index (χ0) is 8.55. The number of hydrogen-bond donors (Lipinski definition) is 2. The lowest BCUT2D eigenvalue weighted by Gasteiger charge is -2.03. The Morgan fingerprint density at radius 2 is 2.50 bits per heavy atom. The predicted molar refractivity (Wildman–Crippen MR) is 47.8 cm³/mol. The number of aryl methyl sites for hydroxylation is 2. The highest BCUT2D eigenvalue weighted by atomic mass is 15.1. The summed E-state index contributed by atoms with van der Waals surface area (Å²) in [5.74, 6) is 0. The van der Waals surface area contributed by atoms with Crippen LogP contribution in [0.25, 0.3) is 0 Å². The fourth-order valence-electron chi connectivity index (χ4n) is 1.93. The first-order chi connectivity index (χ1) is 5.83. The van der Waals surface area contributed by atoms with Crippen molar-refractivity contribution in [3.63, 3.8) is 0 Å². The number of H-pyrrole nitrogens is 1. The summed E-state index contributed by atoms with van der Waals surface area (Å²) in [6.07, 6.45) is 4.36. The van der Waals surface area contributed by atoms with Crippen molar-refractivity contribution < 1.29 is 0 Å². The van der Waals surface area contributed by atoms with Gasteiger partial charge in [0.2, 0.25) is 0 Å². The number of aromatic nitrogens is 2. The Morgan fingerprint density at radius 3 is 3.25 bits per heavy atom. The third-order valence-corrected chi connectivity index (χ3v) is 2.52. The van der Waals surface area contributed by atoms with Crippen LogP contribution in [0.4, 0.5) is 0 Å². The number of hydrogen-bond acceptors (Lipinski definition) is 2. The van der Waals surface area contributed by atoms with Gasteiger partial charge in [-0.05, 0) is 19.3 Å². The van der Waals surface area contributed by atoms with E-state index in [4.69, 9.17) is 5.73 Å². The monoisotopic (exact) mass is 165 g/mol. The minimum Gasteiger partial charge on any atom is -0.324 e. The first-order valence-electron chi connectivity index (χ1n) is 4.64. The van der Waals surface area contributed by atoms with Gasteiger partial charge in [-0.25, -0.2) is 0 Å². The molecule has 12 heavy (non-hydrogen) atoms. The summed E-state index contributed by atoms with van der Waals surface area (Å²) in [5.41, 5.74) is 9.73. The van der Waals surface area contributed by atoms with Crippen LogP contribution in [-0.4, -0.2) is 10.2 Å². The molecule has 2 rings (SSSR count). The van der Waals surface area contributed by atoms with Gasteiger partial charge in [-0.1, -0.05) is 13.3 Å². The molecule has 3 heteroatoms. The first kappa shape index (κ1) is 7.80. The normalized spacial score (nSPS) is 21.3. The fourth-order valence-corrected chi connectivity index (χ4v) is 1.93. The SMILES string of the molecule is CCCc1n[nH]c2c1C(N)CC2. The van der Waals surface area contributed by atoms with Crippen LogP contribution in [0, 0.1) is 0 Å². The van der Waals surface area contributed by atoms with Crippen LogP contribution >= 0.6 is 0 Å². The Bertz CT molecular complexity index is 277. The van der Waals surface area contributed by atoms with E-state index in [-0.39, 0.29) is 6.04 Å². The molecular formula is C9H15N3. The van der Waals surface area contributed by atoms with Crippen molar-refractivity contribution in [1.82, 2.24) is 10.2 Å². The average molecular weight is 165 g/mol. The Morgan fingerprint density at radius 1 is 1.67 bits per heavy atom. The minimum absolute atomic E-state index is 0.236. The van der Waals surface area contributed by atoms with Crippen molar-refractivity contribution >= 4 is 0 Å². The second kappa shape index (κ2) is 2.90. The number of nitrogens with one attached hydrogen (secondary N) is 1. The predicted octanol–water partition coefficient (Wildman–Crippen LogP) is 1.31. The maximum Gasteiger partial charge on any atom is 0.0672 e. The Kier molecular flexibility index (Phi) is 1.89. The molecule has 0 saturated carbocycles. The summed E-state index contributed by atoms with van der Waals surface area (Å²) in [6, 6.07) is 0.236. The van der Waals surface area contributed by atoms with E-state index in [1.165, 1.54) is 17.0 Å². The molecule has 0 fully saturated rings. The molecule has 1 atom stereocenters. The summed E-state index contributed by atoms with van der Waals surface area (Å²) in [4.78, 5) is 0. The van der Waals surface area contributed by atoms with E-state index < -0.39 is 0 Å². The first-order valence-corrected chi connectivity index (χ1v) is 4.64. The minimum atomic E-state index is 0.236. The van der Waals surface area contributed by atoms with Gasteiger partial charge >= 0.3 is 0 Å². The summed E-state index contributed by atoms with van der Waals surface area (Å²) in [7, 11) is 0. The molecule has 1 aliphatic rings. The second-order valence-corrected chi connectivity index (χ2v) is 3.46. The Hall–Kier alpha value is -0.830. The van der Waals surface area contributed by atoms with Crippen LogP contribution in [0.1, 0.15) is 42.8 Å². The zero-order valence-corrected chi connectivity index (χ0v) is 7.43. The lowest BCUT2D eigenvalue weighted by Crippen LogP contribution is -2.07. The van der Waals surface area contributed by atoms with Gasteiger partial charge in [0.25, 0.3) is 0 Å². The highest BCUT2D eigenvalue weighted by Crippen LogP contribution is 2.30. The molecule has 0 radical (unpaired) electrons. The molecular weight excluding hydrogens is 150 g/mol. The second-order valence-electron chi connectivity index (χ2n) is 3.46. The smallest absolute Gasteiger partial charge is 0.0672 e. The molecule has 1 aromatic heterocycles. The molecule has 1 heterocycles. The highest BCUT2D eigenvalue weighted by molar-refractivity contribution is 5.33. The Balaban J connectivity index is 2.32. The zero-order valence-electron chi connectivity index (χ0n) is 7.43. The molecule has 1 aliphatic carbocycles. The van der Waals surface area contributed by atoms with Crippen molar-refractivity contribution in [3.8, 4) is 0 Å². The van der Waals surface area contributed by atoms with Crippen molar-refractivity contribution in [2.75, 3.05) is 0 Å². The van der Waals surface area contributed by atoms with Crippen LogP contribution in [0.3, 0.4) is 0 Å². The van der Waals surface area contributed by atoms with E-state index >= 15 is 0 Å². The van der Waals surface area contributed by atoms with Crippen molar-refractivity contribution in [2.24, 2.45) is 5.73 Å². The quantitative estimate of drug-likeness (QED) is 0.694. The van der Waals surface area contributed by atoms with Crippen LogP contribution in [0.15, 0.2) is 0 Å². The molecule has 0 saturated heterocycles. The molecule has 0 spiro atoms. The van der Waals surface area contributed by atoms with Crippen molar-refractivity contribution in [1.29, 1.82) is 0 Å². The van der Waals surface area contributed by atoms with Gasteiger partial charge in [-0.2, -0.15) is 5.10 Å². The van der Waals surface area contributed by atoms with Gasteiger partial charge in [0.05, 0.1) is 5.69 Å². The van der Waals surface area contributed by atoms with Crippen LogP contribution in [-0.2, 0) is 12.8 Å². The van der Waals surface area contributed by atoms with E-state index in [9.17, 15) is 0 Å². The standard InChI is InChI=1S/C9H15N3/c1-2-3-7-9-6(10)4-5-8(9)12-11-7/h6H,2-5,10H2,1H3,(H,11,12). The largest absolute Gasteiger partial charge is 0.324 e. The topological polar surface area (TPSA) is 54.7 Å². The van der Waals surface area contributed by atoms with Gasteiger partial charge in [0.1, 0.15) is 0 Å². The average Bonchev–Trinajstić information content (AvgIpc) is 2.58. The third kappa shape index (κ3) is 1.05. The molecule has 3 nitrogen and oxygen atoms in total. The van der Waals surface area contributed by atoms with E-state index in [2.05, 4.69) is 17.1 Å². The van der Waals surface area contributed by atoms with E-state index in [0.717, 1.165) is 25.7 Å². The summed E-state index contributed by atoms with van der Waals surface area (Å²) in [6.45, 7) is 2.17. The summed E-state index contributed by atoms with van der Waals surface area (Å²) < 4.78 is 0. The lowest BCUT2D eigenvalue weighted by atomic mass is 10.1. The number of aromatic amines is 1. The van der Waals surface area contributed by atoms with Crippen LogP contribution < -0.4 is 5.73 Å². The van der Waals surface area contributed by atoms with Crippen molar-refractivity contribution in [2.45, 2.75) is 38.6 Å². The van der Waals surface area contributed by atoms with E-state index in [1.807, 2.05) is 0 Å². The number of nitrogens with two attached hydrogens (primary N) is 1. The maximum absolute atomic E-state index is 5.96. The number of rotatable bonds is 2. The summed E-state index contributed by atoms with van der Waals surface area (Å²) >= 11 is 0. The number of nitrogens with zero attached hydrogens (tertiary/aromatic N) is 1. The highest BCUT2D eigenvalue weighted by Gasteiger charge is 2.24. The molecule has 0 bridgehead atoms. The molecule has 0 amide bonds. The number of fused-ring (bicyclic) bond motifs is 1. The Labute approximate surface area is 72.4 Å². The van der Waals surface area contributed by atoms with Gasteiger partial charge in [-0.3, -0.25) is 5.10 Å². The third-order valence-electron chi connectivity index (χ3n) is 2.52. The van der Waals surface area contributed by atoms with E-state index in [1.54, 1.807) is 0 Å². The molecule has 0 aromatic carbocycles. The van der Waals surface area contributed by atoms with E-state index in [0.29, 0.717) is 0 Å². The van der Waals surface area contributed by atoms with Crippen LogP contribution in [0.5, 0.6) is 0 Å². The molecule has 1 aromatic rings. The molecule has 66 valence electrons. The summed E-state index contributed by atoms with van der Waals surface area (Å²) in [5, 5.41) is 7.34. The molecule has 0 aliphatic heterocycles. The molecule has 1 unspecified atom stereocenters. The van der Waals surface area contributed by atoms with Gasteiger partial charge in [0, 0.05) is 17.3 Å². The lowest BCUT2D eigenvalue weighted by molar-refractivity contribution is 0.688. The van der Waals surface area contributed by atoms with Crippen LogP contribution in [0.2, 0.25) is 0 Å². The van der Waals surface area contributed by atoms with Gasteiger partial charge in [0.15, 0.2) is 0 Å².